The Kier molecular flexibility index (Phi) is 5.91. The van der Waals surface area contributed by atoms with Gasteiger partial charge in [0.05, 0.1) is 21.1 Å². The predicted octanol–water partition coefficient (Wildman–Crippen LogP) is 5.17. The van der Waals surface area contributed by atoms with Crippen molar-refractivity contribution in [3.63, 3.8) is 0 Å². The van der Waals surface area contributed by atoms with Crippen molar-refractivity contribution in [2.75, 3.05) is 36.4 Å². The number of imidazole rings is 1. The number of likely N-dealkylation sites (tertiary alicyclic amines) is 1. The molecule has 3 aromatic rings. The van der Waals surface area contributed by atoms with E-state index in [0.29, 0.717) is 28.0 Å². The first-order valence-electron chi connectivity index (χ1n) is 11.0. The quantitative estimate of drug-likeness (QED) is 0.560. The number of H-pyrrole nitrogens is 1. The van der Waals surface area contributed by atoms with Crippen LogP contribution in [0.25, 0.3) is 11.0 Å². The lowest BCUT2D eigenvalue weighted by molar-refractivity contribution is 0.141. The second kappa shape index (κ2) is 8.81. The summed E-state index contributed by atoms with van der Waals surface area (Å²) >= 11 is 12.2. The Morgan fingerprint density at radius 3 is 2.45 bits per heavy atom. The third-order valence-electron chi connectivity index (χ3n) is 6.29. The molecule has 0 radical (unpaired) electrons. The van der Waals surface area contributed by atoms with Crippen molar-refractivity contribution < 1.29 is 0 Å². The van der Waals surface area contributed by atoms with Crippen molar-refractivity contribution >= 4 is 51.9 Å². The molecule has 0 spiro atoms. The van der Waals surface area contributed by atoms with Gasteiger partial charge in [-0.25, -0.2) is 9.97 Å². The molecular weight excluding hydrogens is 433 g/mol. The fourth-order valence-corrected chi connectivity index (χ4v) is 5.01. The molecular formula is C22H27Cl2N7. The van der Waals surface area contributed by atoms with E-state index < -0.39 is 0 Å². The minimum absolute atomic E-state index is 0.481. The molecule has 2 aliphatic rings. The Hall–Kier alpha value is -2.09. The Morgan fingerprint density at radius 1 is 0.935 bits per heavy atom. The summed E-state index contributed by atoms with van der Waals surface area (Å²) in [6, 6.07) is 6.29. The van der Waals surface area contributed by atoms with Gasteiger partial charge in [-0.05, 0) is 57.8 Å². The minimum Gasteiger partial charge on any atom is -0.356 e. The number of benzene rings is 1. The van der Waals surface area contributed by atoms with Crippen LogP contribution in [0.2, 0.25) is 10.0 Å². The summed E-state index contributed by atoms with van der Waals surface area (Å²) in [5.41, 5.74) is 2.47. The molecule has 164 valence electrons. The highest BCUT2D eigenvalue weighted by Gasteiger charge is 2.26. The van der Waals surface area contributed by atoms with Crippen molar-refractivity contribution in [1.82, 2.24) is 24.8 Å². The number of piperidine rings is 2. The second-order valence-electron chi connectivity index (χ2n) is 8.50. The third-order valence-corrected chi connectivity index (χ3v) is 7.01. The largest absolute Gasteiger partial charge is 0.356 e. The summed E-state index contributed by atoms with van der Waals surface area (Å²) in [5.74, 6) is 2.06. The highest BCUT2D eigenvalue weighted by molar-refractivity contribution is 6.42. The van der Waals surface area contributed by atoms with Crippen LogP contribution < -0.4 is 10.2 Å². The molecule has 7 nitrogen and oxygen atoms in total. The molecule has 2 saturated heterocycles. The number of aromatic amines is 1. The van der Waals surface area contributed by atoms with Crippen molar-refractivity contribution in [2.45, 2.75) is 45.1 Å². The predicted molar refractivity (Wildman–Crippen MR) is 127 cm³/mol. The summed E-state index contributed by atoms with van der Waals surface area (Å²) in [4.78, 5) is 22.1. The van der Waals surface area contributed by atoms with E-state index >= 15 is 0 Å². The average molecular weight is 460 g/mol. The van der Waals surface area contributed by atoms with Crippen LogP contribution in [-0.2, 0) is 0 Å². The minimum atomic E-state index is 0.481. The number of rotatable bonds is 4. The van der Waals surface area contributed by atoms with Gasteiger partial charge in [-0.3, -0.25) is 5.32 Å². The average Bonchev–Trinajstić information content (AvgIpc) is 3.15. The lowest BCUT2D eigenvalue weighted by Gasteiger charge is -2.40. The monoisotopic (exact) mass is 459 g/mol. The zero-order valence-electron chi connectivity index (χ0n) is 17.7. The number of anilines is 3. The molecule has 0 aliphatic carbocycles. The number of aromatic nitrogens is 4. The zero-order valence-corrected chi connectivity index (χ0v) is 19.2. The van der Waals surface area contributed by atoms with Crippen molar-refractivity contribution in [2.24, 2.45) is 0 Å². The van der Waals surface area contributed by atoms with E-state index in [1.165, 1.54) is 45.2 Å². The van der Waals surface area contributed by atoms with E-state index in [1.54, 1.807) is 12.1 Å². The molecule has 2 fully saturated rings. The summed E-state index contributed by atoms with van der Waals surface area (Å²) in [6.45, 7) is 6.57. The number of nitrogens with zero attached hydrogens (tertiary/aromatic N) is 5. The van der Waals surface area contributed by atoms with Crippen LogP contribution in [0.4, 0.5) is 17.7 Å². The van der Waals surface area contributed by atoms with Gasteiger partial charge in [0.2, 0.25) is 11.9 Å². The Balaban J connectivity index is 1.29. The highest BCUT2D eigenvalue weighted by Crippen LogP contribution is 2.29. The molecule has 0 atom stereocenters. The molecule has 0 amide bonds. The van der Waals surface area contributed by atoms with Crippen molar-refractivity contribution in [3.05, 3.63) is 33.9 Å². The molecule has 1 aromatic carbocycles. The van der Waals surface area contributed by atoms with Gasteiger partial charge in [0.25, 0.3) is 0 Å². The van der Waals surface area contributed by atoms with E-state index in [2.05, 4.69) is 36.1 Å². The van der Waals surface area contributed by atoms with Crippen LogP contribution in [0.5, 0.6) is 0 Å². The van der Waals surface area contributed by atoms with Gasteiger partial charge in [-0.15, -0.1) is 0 Å². The van der Waals surface area contributed by atoms with E-state index in [9.17, 15) is 0 Å². The van der Waals surface area contributed by atoms with Crippen LogP contribution in [0, 0.1) is 6.92 Å². The summed E-state index contributed by atoms with van der Waals surface area (Å²) in [6.07, 6.45) is 6.46. The number of hydrogen-bond acceptors (Lipinski definition) is 6. The summed E-state index contributed by atoms with van der Waals surface area (Å²) in [5, 5.41) is 4.18. The maximum atomic E-state index is 6.11. The van der Waals surface area contributed by atoms with Gasteiger partial charge in [0, 0.05) is 30.9 Å². The van der Waals surface area contributed by atoms with E-state index in [0.717, 1.165) is 35.6 Å². The molecule has 31 heavy (non-hydrogen) atoms. The van der Waals surface area contributed by atoms with E-state index in [1.807, 2.05) is 6.92 Å². The molecule has 0 unspecified atom stereocenters. The van der Waals surface area contributed by atoms with Crippen LogP contribution in [-0.4, -0.2) is 57.1 Å². The lowest BCUT2D eigenvalue weighted by Crippen LogP contribution is -2.47. The smallest absolute Gasteiger partial charge is 0.231 e. The number of hydrogen-bond donors (Lipinski definition) is 2. The second-order valence-corrected chi connectivity index (χ2v) is 9.31. The molecule has 4 heterocycles. The first-order chi connectivity index (χ1) is 15.0. The number of aryl methyl sites for hydroxylation is 1. The van der Waals surface area contributed by atoms with Crippen LogP contribution in [0.3, 0.4) is 0 Å². The molecule has 2 N–H and O–H groups in total. The lowest BCUT2D eigenvalue weighted by atomic mass is 10.00. The molecule has 2 aromatic heterocycles. The first kappa shape index (κ1) is 20.8. The maximum absolute atomic E-state index is 6.11. The molecule has 0 saturated carbocycles. The zero-order chi connectivity index (χ0) is 21.4. The van der Waals surface area contributed by atoms with Crippen molar-refractivity contribution in [1.29, 1.82) is 0 Å². The van der Waals surface area contributed by atoms with Gasteiger partial charge < -0.3 is 14.8 Å². The maximum Gasteiger partial charge on any atom is 0.231 e. The Morgan fingerprint density at radius 2 is 1.68 bits per heavy atom. The van der Waals surface area contributed by atoms with Gasteiger partial charge >= 0.3 is 0 Å². The van der Waals surface area contributed by atoms with Gasteiger partial charge in [0.1, 0.15) is 5.82 Å². The summed E-state index contributed by atoms with van der Waals surface area (Å²) < 4.78 is 0. The summed E-state index contributed by atoms with van der Waals surface area (Å²) in [7, 11) is 0. The SMILES string of the molecule is Cc1cc(N2CCC(N3CCCCC3)CC2)nc(Nc2nc3cc(Cl)c(Cl)cc3[nH]2)n1. The van der Waals surface area contributed by atoms with Crippen molar-refractivity contribution in [3.8, 4) is 0 Å². The molecule has 2 aliphatic heterocycles. The Labute approximate surface area is 192 Å². The van der Waals surface area contributed by atoms with Crippen LogP contribution in [0.15, 0.2) is 18.2 Å². The van der Waals surface area contributed by atoms with Crippen LogP contribution >= 0.6 is 23.2 Å². The van der Waals surface area contributed by atoms with Gasteiger partial charge in [0.15, 0.2) is 0 Å². The number of nitrogens with one attached hydrogen (secondary N) is 2. The first-order valence-corrected chi connectivity index (χ1v) is 11.8. The van der Waals surface area contributed by atoms with Gasteiger partial charge in [-0.2, -0.15) is 4.98 Å². The number of halogens is 2. The van der Waals surface area contributed by atoms with Crippen LogP contribution in [0.1, 0.15) is 37.8 Å². The normalized spacial score (nSPS) is 18.6. The van der Waals surface area contributed by atoms with Gasteiger partial charge in [-0.1, -0.05) is 29.6 Å². The Bertz CT molecular complexity index is 1030. The standard InChI is InChI=1S/C22H27Cl2N7/c1-14-11-20(31-9-5-15(6-10-31)30-7-3-2-4-8-30)28-21(25-14)29-22-26-18-12-16(23)17(24)13-19(18)27-22/h11-13,15H,2-10H2,1H3,(H2,25,26,27,28,29). The van der Waals surface area contributed by atoms with E-state index in [4.69, 9.17) is 28.2 Å². The topological polar surface area (TPSA) is 73.0 Å². The fourth-order valence-electron chi connectivity index (χ4n) is 4.68. The fraction of sp³-hybridized carbons (Fsp3) is 0.500. The number of fused-ring (bicyclic) bond motifs is 1. The molecule has 9 heteroatoms. The molecule has 5 rings (SSSR count). The highest BCUT2D eigenvalue weighted by atomic mass is 35.5. The molecule has 0 bridgehead atoms. The van der Waals surface area contributed by atoms with E-state index in [-0.39, 0.29) is 0 Å². The third kappa shape index (κ3) is 4.59.